The molecule has 0 atom stereocenters. The zero-order valence-electron chi connectivity index (χ0n) is 32.2. The second-order valence-corrected chi connectivity index (χ2v) is 16.0. The van der Waals surface area contributed by atoms with Gasteiger partial charge in [-0.05, 0) is 98.0 Å². The van der Waals surface area contributed by atoms with Crippen molar-refractivity contribution in [1.82, 2.24) is 0 Å². The van der Waals surface area contributed by atoms with E-state index in [0.29, 0.717) is 0 Å². The van der Waals surface area contributed by atoms with Crippen molar-refractivity contribution in [3.05, 3.63) is 212 Å². The second-order valence-electron chi connectivity index (χ2n) is 16.0. The highest BCUT2D eigenvalue weighted by atomic mass is 15.2. The minimum atomic E-state index is 0.0379. The fraction of sp³-hybridized carbons (Fsp3) is 0. The third-order valence-electron chi connectivity index (χ3n) is 13.0. The van der Waals surface area contributed by atoms with E-state index in [9.17, 15) is 0 Å². The van der Waals surface area contributed by atoms with Gasteiger partial charge >= 0.3 is 0 Å². The van der Waals surface area contributed by atoms with Gasteiger partial charge in [-0.25, -0.2) is 0 Å². The van der Waals surface area contributed by atoms with Gasteiger partial charge in [0.2, 0.25) is 0 Å². The van der Waals surface area contributed by atoms with Gasteiger partial charge < -0.3 is 14.7 Å². The number of hydrogen-bond donors (Lipinski definition) is 0. The average molecular weight is 748 g/mol. The highest BCUT2D eigenvalue weighted by Crippen LogP contribution is 2.51. The van der Waals surface area contributed by atoms with Crippen LogP contribution < -0.4 is 47.5 Å². The zero-order valence-corrected chi connectivity index (χ0v) is 32.2. The van der Waals surface area contributed by atoms with Crippen LogP contribution >= 0.6 is 0 Å². The molecule has 0 aromatic heterocycles. The highest BCUT2D eigenvalue weighted by molar-refractivity contribution is 7.04. The van der Waals surface area contributed by atoms with Crippen molar-refractivity contribution in [1.29, 1.82) is 0 Å². The van der Waals surface area contributed by atoms with Crippen molar-refractivity contribution in [3.63, 3.8) is 0 Å². The molecule has 13 rings (SSSR count). The average Bonchev–Trinajstić information content (AvgIpc) is 3.31. The predicted octanol–water partition coefficient (Wildman–Crippen LogP) is 9.72. The van der Waals surface area contributed by atoms with Crippen LogP contribution in [0.25, 0.3) is 22.3 Å². The van der Waals surface area contributed by atoms with Crippen molar-refractivity contribution >= 4 is 97.4 Å². The summed E-state index contributed by atoms with van der Waals surface area (Å²) in [5.74, 6) is 0. The van der Waals surface area contributed by atoms with Crippen molar-refractivity contribution in [3.8, 4) is 22.3 Å². The van der Waals surface area contributed by atoms with Gasteiger partial charge in [0.25, 0.3) is 13.4 Å². The fourth-order valence-electron chi connectivity index (χ4n) is 10.8. The van der Waals surface area contributed by atoms with Gasteiger partial charge in [0.05, 0.1) is 5.69 Å². The summed E-state index contributed by atoms with van der Waals surface area (Å²) < 4.78 is 0. The molecule has 3 nitrogen and oxygen atoms in total. The summed E-state index contributed by atoms with van der Waals surface area (Å²) >= 11 is 0. The summed E-state index contributed by atoms with van der Waals surface area (Å²) in [5.41, 5.74) is 23.8. The summed E-state index contributed by atoms with van der Waals surface area (Å²) in [7, 11) is 0. The van der Waals surface area contributed by atoms with Crippen LogP contribution in [0.4, 0.5) is 51.2 Å². The number of rotatable bonds is 4. The fourth-order valence-corrected chi connectivity index (χ4v) is 10.8. The monoisotopic (exact) mass is 747 g/mol. The molecule has 0 saturated carbocycles. The Balaban J connectivity index is 1.21. The number of benzene rings is 9. The molecule has 59 heavy (non-hydrogen) atoms. The Kier molecular flexibility index (Phi) is 6.90. The standard InChI is InChI=1S/C54H35B2N3/c1-4-19-36(20-5-1)39-25-18-34-48(51(39)37-21-6-2-7-22-37)58-45-31-15-11-27-41(45)56-43-29-13-17-33-47(43)59-46-32-16-12-28-42(46)55-40-26-10-14-30-44(40)57(38-23-8-3-9-24-38)49-35-50(58)53(56)54(59)52(49)55/h1-35H. The van der Waals surface area contributed by atoms with Crippen LogP contribution in [-0.4, -0.2) is 13.4 Å². The molecule has 0 radical (unpaired) electrons. The minimum absolute atomic E-state index is 0.0379. The van der Waals surface area contributed by atoms with Gasteiger partial charge in [0.15, 0.2) is 0 Å². The Hall–Kier alpha value is -7.49. The molecule has 0 saturated heterocycles. The number of para-hydroxylation sites is 5. The third-order valence-corrected chi connectivity index (χ3v) is 13.0. The van der Waals surface area contributed by atoms with Crippen LogP contribution in [0.5, 0.6) is 0 Å². The normalized spacial score (nSPS) is 13.6. The molecule has 272 valence electrons. The smallest absolute Gasteiger partial charge is 0.252 e. The van der Waals surface area contributed by atoms with Crippen LogP contribution in [0, 0.1) is 0 Å². The molecular formula is C54H35B2N3. The molecule has 0 fully saturated rings. The van der Waals surface area contributed by atoms with Crippen molar-refractivity contribution in [2.24, 2.45) is 0 Å². The Labute approximate surface area is 345 Å². The van der Waals surface area contributed by atoms with Gasteiger partial charge in [0, 0.05) is 51.1 Å². The van der Waals surface area contributed by atoms with Crippen molar-refractivity contribution in [2.75, 3.05) is 14.7 Å². The number of nitrogens with zero attached hydrogens (tertiary/aromatic N) is 3. The predicted molar refractivity (Wildman–Crippen MR) is 251 cm³/mol. The highest BCUT2D eigenvalue weighted by Gasteiger charge is 2.51. The summed E-state index contributed by atoms with van der Waals surface area (Å²) in [6.07, 6.45) is 0. The van der Waals surface area contributed by atoms with Gasteiger partial charge in [-0.3, -0.25) is 0 Å². The van der Waals surface area contributed by atoms with Crippen LogP contribution in [0.2, 0.25) is 0 Å². The molecule has 4 aliphatic heterocycles. The molecule has 0 spiro atoms. The van der Waals surface area contributed by atoms with Gasteiger partial charge in [-0.1, -0.05) is 164 Å². The Morgan fingerprint density at radius 2 is 0.695 bits per heavy atom. The quantitative estimate of drug-likeness (QED) is 0.166. The Morgan fingerprint density at radius 3 is 1.24 bits per heavy atom. The first-order valence-corrected chi connectivity index (χ1v) is 20.6. The van der Waals surface area contributed by atoms with E-state index in [1.165, 1.54) is 94.8 Å². The van der Waals surface area contributed by atoms with E-state index in [0.717, 1.165) is 11.4 Å². The van der Waals surface area contributed by atoms with Crippen LogP contribution in [0.1, 0.15) is 0 Å². The number of hydrogen-bond acceptors (Lipinski definition) is 3. The molecule has 4 heterocycles. The number of anilines is 9. The first-order valence-electron chi connectivity index (χ1n) is 20.6. The molecular weight excluding hydrogens is 712 g/mol. The molecule has 0 amide bonds. The van der Waals surface area contributed by atoms with E-state index in [1.54, 1.807) is 0 Å². The largest absolute Gasteiger partial charge is 0.312 e. The topological polar surface area (TPSA) is 9.72 Å². The molecule has 9 aromatic rings. The summed E-state index contributed by atoms with van der Waals surface area (Å²) in [4.78, 5) is 7.73. The van der Waals surface area contributed by atoms with E-state index in [1.807, 2.05) is 0 Å². The van der Waals surface area contributed by atoms with E-state index in [4.69, 9.17) is 0 Å². The number of fused-ring (bicyclic) bond motifs is 10. The van der Waals surface area contributed by atoms with E-state index in [-0.39, 0.29) is 13.4 Å². The van der Waals surface area contributed by atoms with Gasteiger partial charge in [-0.2, -0.15) is 0 Å². The second kappa shape index (κ2) is 12.5. The molecule has 0 aliphatic carbocycles. The maximum atomic E-state index is 2.61. The first-order chi connectivity index (χ1) is 29.3. The van der Waals surface area contributed by atoms with Crippen LogP contribution in [0.3, 0.4) is 0 Å². The van der Waals surface area contributed by atoms with Crippen molar-refractivity contribution in [2.45, 2.75) is 0 Å². The molecule has 0 bridgehead atoms. The van der Waals surface area contributed by atoms with E-state index in [2.05, 4.69) is 227 Å². The minimum Gasteiger partial charge on any atom is -0.312 e. The first kappa shape index (κ1) is 32.6. The molecule has 0 unspecified atom stereocenters. The van der Waals surface area contributed by atoms with Crippen molar-refractivity contribution < 1.29 is 0 Å². The SMILES string of the molecule is c1ccc(-c2cccc(N3c4ccccc4B4c5ccccc5N5c6ccccc6B6c7ccccc7N(c7ccccc7)c7cc3c4c5c76)c2-c2ccccc2)cc1. The lowest BCUT2D eigenvalue weighted by molar-refractivity contribution is 1.23. The molecule has 5 heteroatoms. The van der Waals surface area contributed by atoms with Gasteiger partial charge in [-0.15, -0.1) is 0 Å². The molecule has 4 aliphatic rings. The van der Waals surface area contributed by atoms with E-state index >= 15 is 0 Å². The maximum Gasteiger partial charge on any atom is 0.252 e. The Morgan fingerprint density at radius 1 is 0.288 bits per heavy atom. The summed E-state index contributed by atoms with van der Waals surface area (Å²) in [5, 5.41) is 0. The molecule has 9 aromatic carbocycles. The van der Waals surface area contributed by atoms with Gasteiger partial charge in [0.1, 0.15) is 0 Å². The lowest BCUT2D eigenvalue weighted by Gasteiger charge is -2.51. The van der Waals surface area contributed by atoms with E-state index < -0.39 is 0 Å². The van der Waals surface area contributed by atoms with Crippen LogP contribution in [0.15, 0.2) is 212 Å². The van der Waals surface area contributed by atoms with Crippen LogP contribution in [-0.2, 0) is 0 Å². The summed E-state index contributed by atoms with van der Waals surface area (Å²) in [6, 6.07) is 78.7. The summed E-state index contributed by atoms with van der Waals surface area (Å²) in [6.45, 7) is 0.0997. The molecule has 0 N–H and O–H groups in total. The zero-order chi connectivity index (χ0) is 38.6. The third kappa shape index (κ3) is 4.50. The lowest BCUT2D eigenvalue weighted by atomic mass is 9.29. The Bertz CT molecular complexity index is 3130. The maximum absolute atomic E-state index is 2.61. The lowest BCUT2D eigenvalue weighted by Crippen LogP contribution is -2.68.